The van der Waals surface area contributed by atoms with Crippen molar-refractivity contribution in [3.8, 4) is 11.5 Å². The van der Waals surface area contributed by atoms with Gasteiger partial charge in [-0.15, -0.1) is 0 Å². The average Bonchev–Trinajstić information content (AvgIpc) is 2.66. The summed E-state index contributed by atoms with van der Waals surface area (Å²) >= 11 is 0. The molecule has 0 aliphatic carbocycles. The number of rotatable bonds is 7. The minimum absolute atomic E-state index is 0.000781. The number of aromatic nitrogens is 2. The molecule has 0 aliphatic rings. The lowest BCUT2D eigenvalue weighted by molar-refractivity contribution is 0.321. The van der Waals surface area contributed by atoms with E-state index in [4.69, 9.17) is 9.47 Å². The van der Waals surface area contributed by atoms with Crippen LogP contribution in [0.5, 0.6) is 11.5 Å². The molecular formula is C21H20F3N3O3. The number of nitrogens with zero attached hydrogens (tertiary/aromatic N) is 2. The van der Waals surface area contributed by atoms with Crippen LogP contribution in [0.15, 0.2) is 41.3 Å². The number of benzene rings is 2. The lowest BCUT2D eigenvalue weighted by Gasteiger charge is -2.17. The van der Waals surface area contributed by atoms with Crippen molar-refractivity contribution < 1.29 is 22.6 Å². The Balaban J connectivity index is 2.05. The molecule has 30 heavy (non-hydrogen) atoms. The highest BCUT2D eigenvalue weighted by molar-refractivity contribution is 5.61. The Morgan fingerprint density at radius 1 is 1.07 bits per heavy atom. The maximum absolute atomic E-state index is 14.1. The van der Waals surface area contributed by atoms with Gasteiger partial charge in [-0.25, -0.2) is 13.2 Å². The van der Waals surface area contributed by atoms with Crippen LogP contribution in [-0.2, 0) is 6.54 Å². The van der Waals surface area contributed by atoms with Crippen LogP contribution < -0.4 is 20.3 Å². The van der Waals surface area contributed by atoms with E-state index >= 15 is 0 Å². The van der Waals surface area contributed by atoms with Gasteiger partial charge in [-0.1, -0.05) is 0 Å². The number of hydrogen-bond donors (Lipinski definition) is 1. The summed E-state index contributed by atoms with van der Waals surface area (Å²) in [5.74, 6) is -1.88. The van der Waals surface area contributed by atoms with Crippen LogP contribution in [0.3, 0.4) is 0 Å². The van der Waals surface area contributed by atoms with E-state index in [1.807, 2.05) is 0 Å². The van der Waals surface area contributed by atoms with Crippen molar-refractivity contribution in [2.45, 2.75) is 20.4 Å². The zero-order chi connectivity index (χ0) is 21.8. The molecule has 1 heterocycles. The van der Waals surface area contributed by atoms with Gasteiger partial charge in [-0.2, -0.15) is 4.98 Å². The molecule has 0 bridgehead atoms. The smallest absolute Gasteiger partial charge is 0.316 e. The number of halogens is 3. The van der Waals surface area contributed by atoms with Crippen molar-refractivity contribution >= 4 is 11.6 Å². The first kappa shape index (κ1) is 21.2. The summed E-state index contributed by atoms with van der Waals surface area (Å²) in [6.07, 6.45) is 1.38. The minimum Gasteiger partial charge on any atom is -0.491 e. The number of ether oxygens (including phenoxy) is 2. The molecule has 2 aromatic carbocycles. The van der Waals surface area contributed by atoms with Crippen LogP contribution in [0.4, 0.5) is 24.8 Å². The Morgan fingerprint density at radius 3 is 2.40 bits per heavy atom. The zero-order valence-corrected chi connectivity index (χ0v) is 16.6. The Labute approximate surface area is 170 Å². The van der Waals surface area contributed by atoms with Crippen LogP contribution in [0, 0.1) is 24.4 Å². The maximum Gasteiger partial charge on any atom is 0.316 e. The molecule has 0 unspecified atom stereocenters. The van der Waals surface area contributed by atoms with Gasteiger partial charge in [0.05, 0.1) is 26.5 Å². The largest absolute Gasteiger partial charge is 0.491 e. The first-order chi connectivity index (χ1) is 14.3. The molecule has 6 nitrogen and oxygen atoms in total. The van der Waals surface area contributed by atoms with Gasteiger partial charge >= 0.3 is 5.56 Å². The first-order valence-corrected chi connectivity index (χ1v) is 9.11. The van der Waals surface area contributed by atoms with Crippen molar-refractivity contribution in [3.05, 3.63) is 75.5 Å². The molecule has 158 valence electrons. The Hall–Kier alpha value is -3.49. The van der Waals surface area contributed by atoms with Crippen molar-refractivity contribution in [2.24, 2.45) is 0 Å². The van der Waals surface area contributed by atoms with Crippen molar-refractivity contribution in [1.82, 2.24) is 9.55 Å². The van der Waals surface area contributed by atoms with E-state index in [0.717, 1.165) is 6.07 Å². The maximum atomic E-state index is 14.1. The topological polar surface area (TPSA) is 65.4 Å². The standard InChI is InChI=1S/C21H20F3N3O3/c1-4-30-18-9-17(12(2)5-16(18)24)25-21-26-20(28)19(29-3)11-27(21)10-13-6-14(22)8-15(23)7-13/h5-9,11H,4,10H2,1-3H3,(H,25,26,28). The molecule has 9 heteroatoms. The number of aryl methyl sites for hydroxylation is 1. The third-order valence-electron chi connectivity index (χ3n) is 4.28. The minimum atomic E-state index is -0.726. The normalized spacial score (nSPS) is 10.7. The molecule has 0 radical (unpaired) electrons. The molecule has 0 atom stereocenters. The predicted octanol–water partition coefficient (Wildman–Crippen LogP) is 4.17. The Bertz CT molecular complexity index is 1110. The van der Waals surface area contributed by atoms with E-state index in [1.54, 1.807) is 13.8 Å². The van der Waals surface area contributed by atoms with E-state index in [2.05, 4.69) is 10.3 Å². The lowest BCUT2D eigenvalue weighted by Crippen LogP contribution is -2.19. The Morgan fingerprint density at radius 2 is 1.77 bits per heavy atom. The summed E-state index contributed by atoms with van der Waals surface area (Å²) in [6.45, 7) is 3.68. The number of hydrogen-bond acceptors (Lipinski definition) is 5. The van der Waals surface area contributed by atoms with E-state index < -0.39 is 23.0 Å². The second kappa shape index (κ2) is 8.89. The Kier molecular flexibility index (Phi) is 6.29. The van der Waals surface area contributed by atoms with Crippen molar-refractivity contribution in [3.63, 3.8) is 0 Å². The molecule has 3 rings (SSSR count). The van der Waals surface area contributed by atoms with Gasteiger partial charge in [0.2, 0.25) is 11.7 Å². The highest BCUT2D eigenvalue weighted by Crippen LogP contribution is 2.28. The summed E-state index contributed by atoms with van der Waals surface area (Å²) in [5.41, 5.74) is 0.681. The SMILES string of the molecule is CCOc1cc(Nc2nc(=O)c(OC)cn2Cc2cc(F)cc(F)c2)c(C)cc1F. The van der Waals surface area contributed by atoms with E-state index in [0.29, 0.717) is 16.8 Å². The summed E-state index contributed by atoms with van der Waals surface area (Å²) < 4.78 is 53.0. The molecule has 0 spiro atoms. The third-order valence-corrected chi connectivity index (χ3v) is 4.28. The van der Waals surface area contributed by atoms with Gasteiger partial charge in [-0.3, -0.25) is 4.79 Å². The van der Waals surface area contributed by atoms with Gasteiger partial charge in [0.25, 0.3) is 0 Å². The van der Waals surface area contributed by atoms with Crippen LogP contribution in [0.25, 0.3) is 0 Å². The summed E-state index contributed by atoms with van der Waals surface area (Å²) in [5, 5.41) is 2.97. The van der Waals surface area contributed by atoms with E-state index in [9.17, 15) is 18.0 Å². The summed E-state index contributed by atoms with van der Waals surface area (Å²) in [7, 11) is 1.32. The fourth-order valence-electron chi connectivity index (χ4n) is 2.91. The molecule has 0 saturated carbocycles. The number of anilines is 2. The summed E-state index contributed by atoms with van der Waals surface area (Å²) in [4.78, 5) is 16.2. The fourth-order valence-corrected chi connectivity index (χ4v) is 2.91. The molecule has 1 aromatic heterocycles. The monoisotopic (exact) mass is 419 g/mol. The van der Waals surface area contributed by atoms with E-state index in [1.165, 1.54) is 42.1 Å². The molecule has 1 N–H and O–H groups in total. The van der Waals surface area contributed by atoms with Crippen LogP contribution in [0.1, 0.15) is 18.1 Å². The van der Waals surface area contributed by atoms with Gasteiger partial charge < -0.3 is 19.4 Å². The van der Waals surface area contributed by atoms with Crippen LogP contribution >= 0.6 is 0 Å². The predicted molar refractivity (Wildman–Crippen MR) is 106 cm³/mol. The second-order valence-electron chi connectivity index (χ2n) is 6.50. The molecule has 0 saturated heterocycles. The molecule has 0 aliphatic heterocycles. The number of methoxy groups -OCH3 is 1. The van der Waals surface area contributed by atoms with E-state index in [-0.39, 0.29) is 30.6 Å². The molecule has 0 fully saturated rings. The van der Waals surface area contributed by atoms with Crippen molar-refractivity contribution in [1.29, 1.82) is 0 Å². The van der Waals surface area contributed by atoms with Gasteiger partial charge in [-0.05, 0) is 43.2 Å². The fraction of sp³-hybridized carbons (Fsp3) is 0.238. The van der Waals surface area contributed by atoms with Gasteiger partial charge in [0, 0.05) is 17.8 Å². The highest BCUT2D eigenvalue weighted by Gasteiger charge is 2.14. The van der Waals surface area contributed by atoms with Crippen LogP contribution in [-0.4, -0.2) is 23.3 Å². The van der Waals surface area contributed by atoms with Crippen molar-refractivity contribution in [2.75, 3.05) is 19.0 Å². The molecule has 0 amide bonds. The third kappa shape index (κ3) is 4.73. The first-order valence-electron chi connectivity index (χ1n) is 9.11. The zero-order valence-electron chi connectivity index (χ0n) is 16.6. The van der Waals surface area contributed by atoms with Gasteiger partial charge in [0.15, 0.2) is 11.6 Å². The number of nitrogens with one attached hydrogen (secondary N) is 1. The second-order valence-corrected chi connectivity index (χ2v) is 6.50. The molecule has 3 aromatic rings. The van der Waals surface area contributed by atoms with Gasteiger partial charge in [0.1, 0.15) is 11.6 Å². The quantitative estimate of drug-likeness (QED) is 0.623. The lowest BCUT2D eigenvalue weighted by atomic mass is 10.2. The summed E-state index contributed by atoms with van der Waals surface area (Å²) in [6, 6.07) is 5.86. The molecular weight excluding hydrogens is 399 g/mol. The average molecular weight is 419 g/mol. The highest BCUT2D eigenvalue weighted by atomic mass is 19.1. The van der Waals surface area contributed by atoms with Crippen LogP contribution in [0.2, 0.25) is 0 Å².